The molecule has 2 rings (SSSR count). The molecule has 0 bridgehead atoms. The molecule has 31 heavy (non-hydrogen) atoms. The summed E-state index contributed by atoms with van der Waals surface area (Å²) in [6.45, 7) is 5.53. The lowest BCUT2D eigenvalue weighted by molar-refractivity contribution is -0.274. The van der Waals surface area contributed by atoms with Crippen LogP contribution < -0.4 is 10.5 Å². The third-order valence-electron chi connectivity index (χ3n) is 5.24. The quantitative estimate of drug-likeness (QED) is 0.493. The molecule has 2 N–H and O–H groups in total. The van der Waals surface area contributed by atoms with Crippen molar-refractivity contribution in [2.24, 2.45) is 5.73 Å². The molecule has 0 aliphatic carbocycles. The van der Waals surface area contributed by atoms with Crippen LogP contribution in [0.1, 0.15) is 54.4 Å². The predicted molar refractivity (Wildman–Crippen MR) is 116 cm³/mol. The first-order valence-corrected chi connectivity index (χ1v) is 10.6. The van der Waals surface area contributed by atoms with Crippen molar-refractivity contribution < 1.29 is 22.7 Å². The van der Waals surface area contributed by atoms with Gasteiger partial charge in [-0.25, -0.2) is 0 Å². The standard InChI is InChI=1S/C23H32F3N3O2/c1-5-6-7-12-19-21(17-10-8-11-18(15-17)31-23(24,25)26)20(22(27)30)16(2)29(19)14-9-13-28(3)4/h8,10-11,15H,5-7,9,12-14H2,1-4H3,(H2,27,30). The monoisotopic (exact) mass is 439 g/mol. The van der Waals surface area contributed by atoms with E-state index in [2.05, 4.69) is 21.1 Å². The zero-order valence-corrected chi connectivity index (χ0v) is 18.7. The summed E-state index contributed by atoms with van der Waals surface area (Å²) < 4.78 is 44.4. The summed E-state index contributed by atoms with van der Waals surface area (Å²) >= 11 is 0. The van der Waals surface area contributed by atoms with Crippen LogP contribution in [0.4, 0.5) is 13.2 Å². The number of rotatable bonds is 11. The number of carbonyl (C=O) groups excluding carboxylic acids is 1. The number of nitrogens with two attached hydrogens (primary N) is 1. The molecule has 0 fully saturated rings. The summed E-state index contributed by atoms with van der Waals surface area (Å²) in [5.41, 5.74) is 8.88. The number of nitrogens with zero attached hydrogens (tertiary/aromatic N) is 2. The Morgan fingerprint density at radius 2 is 1.90 bits per heavy atom. The van der Waals surface area contributed by atoms with E-state index in [1.807, 2.05) is 21.0 Å². The van der Waals surface area contributed by atoms with Gasteiger partial charge in [-0.2, -0.15) is 0 Å². The Hall–Kier alpha value is -2.48. The van der Waals surface area contributed by atoms with Gasteiger partial charge in [-0.05, 0) is 64.5 Å². The highest BCUT2D eigenvalue weighted by molar-refractivity contribution is 6.02. The van der Waals surface area contributed by atoms with E-state index >= 15 is 0 Å². The number of hydrogen-bond acceptors (Lipinski definition) is 3. The fourth-order valence-electron chi connectivity index (χ4n) is 3.91. The molecule has 0 saturated carbocycles. The Bertz CT molecular complexity index is 889. The average molecular weight is 440 g/mol. The second-order valence-electron chi connectivity index (χ2n) is 7.99. The summed E-state index contributed by atoms with van der Waals surface area (Å²) in [6, 6.07) is 5.76. The Balaban J connectivity index is 2.60. The van der Waals surface area contributed by atoms with Crippen LogP contribution in [-0.4, -0.2) is 42.4 Å². The Morgan fingerprint density at radius 1 is 1.19 bits per heavy atom. The number of primary amides is 1. The van der Waals surface area contributed by atoms with E-state index in [1.165, 1.54) is 18.2 Å². The molecule has 0 radical (unpaired) electrons. The summed E-state index contributed by atoms with van der Waals surface area (Å²) in [6.07, 6.45) is -0.236. The minimum atomic E-state index is -4.79. The molecule has 1 aromatic carbocycles. The first-order chi connectivity index (χ1) is 14.5. The summed E-state index contributed by atoms with van der Waals surface area (Å²) in [7, 11) is 3.99. The number of carbonyl (C=O) groups is 1. The van der Waals surface area contributed by atoms with Crippen molar-refractivity contribution >= 4 is 5.91 Å². The van der Waals surface area contributed by atoms with Crippen molar-refractivity contribution in [3.8, 4) is 16.9 Å². The normalized spacial score (nSPS) is 11.9. The first kappa shape index (κ1) is 24.8. The molecule has 1 amide bonds. The number of halogens is 3. The Labute approximate surface area is 182 Å². The molecule has 172 valence electrons. The minimum absolute atomic E-state index is 0.321. The van der Waals surface area contributed by atoms with Crippen LogP contribution in [0, 0.1) is 6.92 Å². The van der Waals surface area contributed by atoms with Crippen molar-refractivity contribution in [3.63, 3.8) is 0 Å². The SMILES string of the molecule is CCCCCc1c(-c2cccc(OC(F)(F)F)c2)c(C(N)=O)c(C)n1CCCN(C)C. The van der Waals surface area contributed by atoms with Gasteiger partial charge in [0.25, 0.3) is 5.91 Å². The average Bonchev–Trinajstić information content (AvgIpc) is 2.93. The van der Waals surface area contributed by atoms with Gasteiger partial charge < -0.3 is 19.9 Å². The van der Waals surface area contributed by atoms with E-state index in [0.717, 1.165) is 43.6 Å². The van der Waals surface area contributed by atoms with E-state index in [4.69, 9.17) is 5.73 Å². The molecule has 1 heterocycles. The van der Waals surface area contributed by atoms with E-state index in [9.17, 15) is 18.0 Å². The van der Waals surface area contributed by atoms with Crippen LogP contribution >= 0.6 is 0 Å². The van der Waals surface area contributed by atoms with Crippen molar-refractivity contribution in [3.05, 3.63) is 41.2 Å². The van der Waals surface area contributed by atoms with Gasteiger partial charge in [-0.15, -0.1) is 13.2 Å². The number of aromatic nitrogens is 1. The van der Waals surface area contributed by atoms with Crippen LogP contribution in [0.25, 0.3) is 11.1 Å². The maximum absolute atomic E-state index is 12.7. The van der Waals surface area contributed by atoms with Gasteiger partial charge >= 0.3 is 6.36 Å². The molecule has 8 heteroatoms. The second-order valence-corrected chi connectivity index (χ2v) is 7.99. The fourth-order valence-corrected chi connectivity index (χ4v) is 3.91. The lowest BCUT2D eigenvalue weighted by Gasteiger charge is -2.16. The smallest absolute Gasteiger partial charge is 0.406 e. The van der Waals surface area contributed by atoms with Crippen molar-refractivity contribution in [1.82, 2.24) is 9.47 Å². The lowest BCUT2D eigenvalue weighted by Crippen LogP contribution is -2.17. The van der Waals surface area contributed by atoms with Gasteiger partial charge in [-0.3, -0.25) is 4.79 Å². The Kier molecular flexibility index (Phi) is 8.56. The molecule has 0 atom stereocenters. The molecule has 0 unspecified atom stereocenters. The van der Waals surface area contributed by atoms with E-state index in [0.29, 0.717) is 29.7 Å². The Morgan fingerprint density at radius 3 is 2.48 bits per heavy atom. The zero-order chi connectivity index (χ0) is 23.2. The molecule has 0 aliphatic rings. The van der Waals surface area contributed by atoms with Crippen LogP contribution in [0.5, 0.6) is 5.75 Å². The van der Waals surface area contributed by atoms with Crippen LogP contribution in [0.3, 0.4) is 0 Å². The lowest BCUT2D eigenvalue weighted by atomic mass is 9.97. The van der Waals surface area contributed by atoms with E-state index in [1.54, 1.807) is 6.07 Å². The van der Waals surface area contributed by atoms with E-state index < -0.39 is 12.3 Å². The number of hydrogen-bond donors (Lipinski definition) is 1. The molecular weight excluding hydrogens is 407 g/mol. The molecule has 0 aliphatic heterocycles. The fraction of sp³-hybridized carbons (Fsp3) is 0.522. The maximum Gasteiger partial charge on any atom is 0.573 e. The zero-order valence-electron chi connectivity index (χ0n) is 18.7. The summed E-state index contributed by atoms with van der Waals surface area (Å²) in [4.78, 5) is 14.5. The molecular formula is C23H32F3N3O2. The highest BCUT2D eigenvalue weighted by Crippen LogP contribution is 2.36. The van der Waals surface area contributed by atoms with Crippen molar-refractivity contribution in [2.75, 3.05) is 20.6 Å². The number of amides is 1. The third kappa shape index (κ3) is 6.75. The van der Waals surface area contributed by atoms with Gasteiger partial charge in [0, 0.05) is 23.5 Å². The number of unbranched alkanes of at least 4 members (excludes halogenated alkanes) is 2. The minimum Gasteiger partial charge on any atom is -0.406 e. The first-order valence-electron chi connectivity index (χ1n) is 10.6. The van der Waals surface area contributed by atoms with E-state index in [-0.39, 0.29) is 5.75 Å². The summed E-state index contributed by atoms with van der Waals surface area (Å²) in [5, 5.41) is 0. The summed E-state index contributed by atoms with van der Waals surface area (Å²) in [5.74, 6) is -0.907. The predicted octanol–water partition coefficient (Wildman–Crippen LogP) is 5.15. The largest absolute Gasteiger partial charge is 0.573 e. The van der Waals surface area contributed by atoms with Crippen LogP contribution in [0.2, 0.25) is 0 Å². The van der Waals surface area contributed by atoms with Gasteiger partial charge in [0.1, 0.15) is 5.75 Å². The number of alkyl halides is 3. The third-order valence-corrected chi connectivity index (χ3v) is 5.24. The maximum atomic E-state index is 12.7. The van der Waals surface area contributed by atoms with Crippen molar-refractivity contribution in [1.29, 1.82) is 0 Å². The highest BCUT2D eigenvalue weighted by atomic mass is 19.4. The molecule has 2 aromatic rings. The molecule has 0 saturated heterocycles. The van der Waals surface area contributed by atoms with Gasteiger partial charge in [0.2, 0.25) is 0 Å². The topological polar surface area (TPSA) is 60.5 Å². The van der Waals surface area contributed by atoms with Gasteiger partial charge in [0.05, 0.1) is 5.56 Å². The van der Waals surface area contributed by atoms with Crippen molar-refractivity contribution in [2.45, 2.75) is 58.9 Å². The van der Waals surface area contributed by atoms with Gasteiger partial charge in [0.15, 0.2) is 0 Å². The molecule has 0 spiro atoms. The second kappa shape index (κ2) is 10.7. The number of ether oxygens (including phenoxy) is 1. The highest BCUT2D eigenvalue weighted by Gasteiger charge is 2.31. The van der Waals surface area contributed by atoms with Crippen LogP contribution in [0.15, 0.2) is 24.3 Å². The van der Waals surface area contributed by atoms with Gasteiger partial charge in [-0.1, -0.05) is 31.9 Å². The molecule has 5 nitrogen and oxygen atoms in total. The number of benzene rings is 1. The van der Waals surface area contributed by atoms with Crippen LogP contribution in [-0.2, 0) is 13.0 Å². The molecule has 1 aromatic heterocycles.